The lowest BCUT2D eigenvalue weighted by molar-refractivity contribution is -0.161. The van der Waals surface area contributed by atoms with E-state index >= 15 is 0 Å². The van der Waals surface area contributed by atoms with Crippen molar-refractivity contribution < 1.29 is 18.7 Å². The Labute approximate surface area is 191 Å². The van der Waals surface area contributed by atoms with Gasteiger partial charge < -0.3 is 14.8 Å². The first-order chi connectivity index (χ1) is 15.5. The van der Waals surface area contributed by atoms with Crippen molar-refractivity contribution in [3.8, 4) is 11.5 Å². The van der Waals surface area contributed by atoms with Crippen LogP contribution in [-0.2, 0) is 10.5 Å². The number of fused-ring (bicyclic) bond motifs is 6. The van der Waals surface area contributed by atoms with Gasteiger partial charge in [0.1, 0.15) is 5.82 Å². The highest BCUT2D eigenvalue weighted by Gasteiger charge is 2.61. The number of carbonyl (C=O) groups is 1. The summed E-state index contributed by atoms with van der Waals surface area (Å²) in [6.45, 7) is 0. The van der Waals surface area contributed by atoms with Crippen LogP contribution in [0.25, 0.3) is 0 Å². The van der Waals surface area contributed by atoms with Crippen LogP contribution < -0.4 is 14.8 Å². The van der Waals surface area contributed by atoms with Crippen molar-refractivity contribution in [1.29, 1.82) is 0 Å². The molecule has 6 nitrogen and oxygen atoms in total. The minimum atomic E-state index is -1.49. The van der Waals surface area contributed by atoms with Crippen molar-refractivity contribution in [1.82, 2.24) is 5.01 Å². The Balaban J connectivity index is 1.59. The zero-order valence-corrected chi connectivity index (χ0v) is 18.5. The molecule has 3 aromatic rings. The fraction of sp³-hybridized carbons (Fsp3) is 0.167. The maximum absolute atomic E-state index is 13.5. The van der Waals surface area contributed by atoms with Gasteiger partial charge in [-0.2, -0.15) is 5.10 Å². The molecule has 6 rings (SSSR count). The van der Waals surface area contributed by atoms with Gasteiger partial charge in [-0.05, 0) is 42.0 Å². The van der Waals surface area contributed by atoms with Crippen LogP contribution in [0.5, 0.6) is 11.5 Å². The lowest BCUT2D eigenvalue weighted by Gasteiger charge is -2.44. The number of para-hydroxylation sites is 1. The number of hydrazone groups is 1. The molecule has 0 radical (unpaired) electrons. The molecule has 0 saturated heterocycles. The number of hydrogen-bond donors (Lipinski definition) is 1. The van der Waals surface area contributed by atoms with Crippen LogP contribution in [0.2, 0.25) is 0 Å². The molecule has 0 fully saturated rings. The predicted octanol–water partition coefficient (Wildman–Crippen LogP) is 4.95. The molecule has 0 saturated carbocycles. The summed E-state index contributed by atoms with van der Waals surface area (Å²) in [7, 11) is 1.58. The van der Waals surface area contributed by atoms with Crippen molar-refractivity contribution in [2.45, 2.75) is 18.2 Å². The summed E-state index contributed by atoms with van der Waals surface area (Å²) in [5, 5.41) is 9.54. The Morgan fingerprint density at radius 2 is 2.03 bits per heavy atom. The molecule has 3 aliphatic rings. The molecule has 0 aromatic heterocycles. The highest BCUT2D eigenvalue weighted by molar-refractivity contribution is 9.10. The molecule has 0 aliphatic carbocycles. The van der Waals surface area contributed by atoms with Crippen molar-refractivity contribution in [2.24, 2.45) is 5.10 Å². The first-order valence-corrected chi connectivity index (χ1v) is 10.9. The van der Waals surface area contributed by atoms with E-state index in [0.29, 0.717) is 29.2 Å². The van der Waals surface area contributed by atoms with Crippen molar-refractivity contribution in [2.75, 3.05) is 12.4 Å². The maximum atomic E-state index is 13.5. The fourth-order valence-corrected chi connectivity index (χ4v) is 5.04. The largest absolute Gasteiger partial charge is 0.493 e. The number of nitrogens with zero attached hydrogens (tertiary/aromatic N) is 2. The van der Waals surface area contributed by atoms with E-state index in [0.717, 1.165) is 21.3 Å². The summed E-state index contributed by atoms with van der Waals surface area (Å²) in [5.74, 6) is 0.438. The van der Waals surface area contributed by atoms with E-state index < -0.39 is 5.72 Å². The summed E-state index contributed by atoms with van der Waals surface area (Å²) >= 11 is 3.51. The molecule has 2 atom stereocenters. The predicted molar refractivity (Wildman–Crippen MR) is 120 cm³/mol. The average Bonchev–Trinajstić information content (AvgIpc) is 3.35. The van der Waals surface area contributed by atoms with Crippen LogP contribution in [0.4, 0.5) is 10.1 Å². The van der Waals surface area contributed by atoms with Crippen molar-refractivity contribution in [3.05, 3.63) is 87.6 Å². The molecule has 0 unspecified atom stereocenters. The Hall–Kier alpha value is -3.39. The van der Waals surface area contributed by atoms with Crippen LogP contribution in [0.3, 0.4) is 0 Å². The zero-order valence-electron chi connectivity index (χ0n) is 16.9. The molecular formula is C24H17BrFN3O3. The second-order valence-electron chi connectivity index (χ2n) is 7.89. The van der Waals surface area contributed by atoms with Crippen LogP contribution in [-0.4, -0.2) is 23.7 Å². The number of benzene rings is 3. The second-order valence-corrected chi connectivity index (χ2v) is 8.80. The SMILES string of the molecule is COc1cccc2c1O[C@@]1(C(=O)Nc3ccc(Br)cc31)N1N=C(c3ccc(F)cc3)C[C@@H]21. The number of halogens is 2. The van der Waals surface area contributed by atoms with Gasteiger partial charge in [0.05, 0.1) is 30.1 Å². The molecule has 160 valence electrons. The number of carbonyl (C=O) groups excluding carboxylic acids is 1. The lowest BCUT2D eigenvalue weighted by Crippen LogP contribution is -2.55. The van der Waals surface area contributed by atoms with Gasteiger partial charge in [0.2, 0.25) is 0 Å². The van der Waals surface area contributed by atoms with E-state index in [4.69, 9.17) is 14.6 Å². The van der Waals surface area contributed by atoms with Gasteiger partial charge in [0.25, 0.3) is 5.91 Å². The quantitative estimate of drug-likeness (QED) is 0.548. The Morgan fingerprint density at radius 1 is 1.22 bits per heavy atom. The van der Waals surface area contributed by atoms with E-state index in [2.05, 4.69) is 21.2 Å². The van der Waals surface area contributed by atoms with E-state index in [9.17, 15) is 9.18 Å². The molecule has 1 N–H and O–H groups in total. The topological polar surface area (TPSA) is 63.2 Å². The van der Waals surface area contributed by atoms with E-state index in [1.165, 1.54) is 12.1 Å². The first-order valence-electron chi connectivity index (χ1n) is 10.1. The molecule has 3 aliphatic heterocycles. The van der Waals surface area contributed by atoms with Gasteiger partial charge >= 0.3 is 5.72 Å². The van der Waals surface area contributed by atoms with Gasteiger partial charge in [-0.15, -0.1) is 0 Å². The zero-order chi connectivity index (χ0) is 22.0. The molecule has 8 heteroatoms. The summed E-state index contributed by atoms with van der Waals surface area (Å²) in [6, 6.07) is 17.2. The van der Waals surface area contributed by atoms with E-state index in [-0.39, 0.29) is 17.8 Å². The van der Waals surface area contributed by atoms with Gasteiger partial charge in [0, 0.05) is 16.5 Å². The molecule has 3 aromatic carbocycles. The molecule has 0 bridgehead atoms. The standard InChI is InChI=1S/C24H17BrFN3O3/c1-31-21-4-2-3-16-20-12-19(13-5-8-15(26)9-6-13)28-29(20)24(32-22(16)21)17-11-14(25)7-10-18(17)27-23(24)30/h2-11,20H,12H2,1H3,(H,27,30)/t20-,24-/m0/s1. The number of anilines is 1. The number of nitrogens with one attached hydrogen (secondary N) is 1. The van der Waals surface area contributed by atoms with Crippen LogP contribution in [0.15, 0.2) is 70.2 Å². The molecule has 1 amide bonds. The molecule has 32 heavy (non-hydrogen) atoms. The number of ether oxygens (including phenoxy) is 2. The summed E-state index contributed by atoms with van der Waals surface area (Å²) in [4.78, 5) is 13.5. The van der Waals surface area contributed by atoms with Crippen LogP contribution in [0.1, 0.15) is 29.2 Å². The third-order valence-corrected chi connectivity index (χ3v) is 6.64. The van der Waals surface area contributed by atoms with Gasteiger partial charge in [0.15, 0.2) is 11.5 Å². The van der Waals surface area contributed by atoms with Crippen LogP contribution >= 0.6 is 15.9 Å². The van der Waals surface area contributed by atoms with Gasteiger partial charge in [-0.3, -0.25) is 4.79 Å². The number of methoxy groups -OCH3 is 1. The smallest absolute Gasteiger partial charge is 0.306 e. The summed E-state index contributed by atoms with van der Waals surface area (Å²) < 4.78 is 26.4. The number of amides is 1. The van der Waals surface area contributed by atoms with Crippen molar-refractivity contribution >= 4 is 33.2 Å². The van der Waals surface area contributed by atoms with Crippen molar-refractivity contribution in [3.63, 3.8) is 0 Å². The fourth-order valence-electron chi connectivity index (χ4n) is 4.68. The normalized spacial score (nSPS) is 22.6. The third-order valence-electron chi connectivity index (χ3n) is 6.15. The monoisotopic (exact) mass is 493 g/mol. The van der Waals surface area contributed by atoms with Crippen LogP contribution in [0, 0.1) is 5.82 Å². The molecule has 1 spiro atoms. The number of hydrogen-bond acceptors (Lipinski definition) is 5. The minimum absolute atomic E-state index is 0.260. The summed E-state index contributed by atoms with van der Waals surface area (Å²) in [6.07, 6.45) is 0.535. The third kappa shape index (κ3) is 2.56. The Morgan fingerprint density at radius 3 is 2.81 bits per heavy atom. The Kier molecular flexibility index (Phi) is 4.10. The highest BCUT2D eigenvalue weighted by Crippen LogP contribution is 2.56. The number of rotatable bonds is 2. The maximum Gasteiger partial charge on any atom is 0.306 e. The Bertz CT molecular complexity index is 1310. The highest BCUT2D eigenvalue weighted by atomic mass is 79.9. The lowest BCUT2D eigenvalue weighted by atomic mass is 9.92. The van der Waals surface area contributed by atoms with Gasteiger partial charge in [-0.1, -0.05) is 40.2 Å². The van der Waals surface area contributed by atoms with Gasteiger partial charge in [-0.25, -0.2) is 9.40 Å². The minimum Gasteiger partial charge on any atom is -0.493 e. The molecule has 3 heterocycles. The van der Waals surface area contributed by atoms with E-state index in [1.54, 1.807) is 24.3 Å². The van der Waals surface area contributed by atoms with E-state index in [1.807, 2.05) is 36.4 Å². The first kappa shape index (κ1) is 19.3. The molecular weight excluding hydrogens is 477 g/mol. The second kappa shape index (κ2) is 6.80. The average molecular weight is 494 g/mol. The summed E-state index contributed by atoms with van der Waals surface area (Å²) in [5.41, 5.74) is 2.28.